The quantitative estimate of drug-likeness (QED) is 0.295. The predicted octanol–water partition coefficient (Wildman–Crippen LogP) is 4.96. The third-order valence-electron chi connectivity index (χ3n) is 6.80. The number of likely N-dealkylation sites (tertiary alicyclic amines) is 1. The summed E-state index contributed by atoms with van der Waals surface area (Å²) in [6, 6.07) is 14.3. The number of rotatable bonds is 8. The zero-order valence-electron chi connectivity index (χ0n) is 27.1. The number of benzene rings is 3. The Balaban J connectivity index is 1.79. The van der Waals surface area contributed by atoms with E-state index in [1.807, 2.05) is 0 Å². The van der Waals surface area contributed by atoms with E-state index in [4.69, 9.17) is 17.7 Å². The molecule has 0 N–H and O–H groups in total. The van der Waals surface area contributed by atoms with Crippen molar-refractivity contribution in [3.8, 4) is 5.75 Å². The maximum absolute atomic E-state index is 14.5. The molecule has 9 heteroatoms. The number of piperidine rings is 1. The van der Waals surface area contributed by atoms with Crippen LogP contribution in [0, 0.1) is 17.5 Å². The van der Waals surface area contributed by atoms with Gasteiger partial charge in [-0.2, -0.15) is 0 Å². The van der Waals surface area contributed by atoms with Gasteiger partial charge in [-0.05, 0) is 49.8 Å². The van der Waals surface area contributed by atoms with E-state index in [0.717, 1.165) is 0 Å². The van der Waals surface area contributed by atoms with E-state index in [9.17, 15) is 22.8 Å². The topological polar surface area (TPSA) is 59.1 Å². The lowest BCUT2D eigenvalue weighted by Crippen LogP contribution is -2.56. The van der Waals surface area contributed by atoms with Gasteiger partial charge in [0.25, 0.3) is 0 Å². The maximum Gasteiger partial charge on any atom is 0.339 e. The van der Waals surface area contributed by atoms with E-state index in [0.29, 0.717) is 23.4 Å². The minimum Gasteiger partial charge on any atom is -0.497 e. The molecular weight excluding hydrogens is 509 g/mol. The lowest BCUT2D eigenvalue weighted by atomic mass is 9.79. The molecule has 3 aromatic carbocycles. The molecule has 206 valence electrons. The first-order valence-corrected chi connectivity index (χ1v) is 12.2. The maximum atomic E-state index is 14.5. The summed E-state index contributed by atoms with van der Waals surface area (Å²) < 4.78 is 101. The summed E-state index contributed by atoms with van der Waals surface area (Å²) in [4.78, 5) is 28.5. The van der Waals surface area contributed by atoms with Crippen LogP contribution in [0.5, 0.6) is 5.75 Å². The highest BCUT2D eigenvalue weighted by atomic mass is 19.2. The second kappa shape index (κ2) is 11.9. The number of esters is 1. The van der Waals surface area contributed by atoms with Crippen molar-refractivity contribution in [1.29, 1.82) is 0 Å². The molecule has 3 aromatic rings. The van der Waals surface area contributed by atoms with Crippen LogP contribution in [0.15, 0.2) is 66.7 Å². The number of ether oxygens (including phenoxy) is 2. The van der Waals surface area contributed by atoms with Crippen LogP contribution >= 0.6 is 0 Å². The van der Waals surface area contributed by atoms with Crippen LogP contribution in [0.1, 0.15) is 42.6 Å². The summed E-state index contributed by atoms with van der Waals surface area (Å²) in [5.74, 6) is -5.06. The van der Waals surface area contributed by atoms with E-state index < -0.39 is 73.5 Å². The SMILES string of the molecule is [2H]C([2H])([2H])N(CC1CC(OC(=O)c2ccccc2)(c2cccc(OC)c2)CCN1C(=O)Cc1cc(F)c(F)cc1F)C([2H])([2H])[2H]. The van der Waals surface area contributed by atoms with Crippen LogP contribution in [0.25, 0.3) is 0 Å². The smallest absolute Gasteiger partial charge is 0.339 e. The molecule has 1 amide bonds. The number of nitrogens with zero attached hydrogens (tertiary/aromatic N) is 2. The second-order valence-corrected chi connectivity index (χ2v) is 9.32. The Morgan fingerprint density at radius 1 is 1.03 bits per heavy atom. The van der Waals surface area contributed by atoms with Crippen LogP contribution in [0.2, 0.25) is 0 Å². The molecule has 0 saturated carbocycles. The first-order valence-electron chi connectivity index (χ1n) is 15.2. The molecule has 2 atom stereocenters. The van der Waals surface area contributed by atoms with Gasteiger partial charge in [0.2, 0.25) is 5.91 Å². The van der Waals surface area contributed by atoms with Crippen LogP contribution in [0.3, 0.4) is 0 Å². The van der Waals surface area contributed by atoms with Crippen molar-refractivity contribution >= 4 is 11.9 Å². The molecule has 0 radical (unpaired) electrons. The largest absolute Gasteiger partial charge is 0.497 e. The fraction of sp³-hybridized carbons (Fsp3) is 0.333. The Kier molecular flexibility index (Phi) is 6.42. The number of hydrogen-bond acceptors (Lipinski definition) is 5. The minimum absolute atomic E-state index is 0.0250. The number of carbonyl (C=O) groups excluding carboxylic acids is 2. The summed E-state index contributed by atoms with van der Waals surface area (Å²) in [6.07, 6.45) is -1.01. The number of methoxy groups -OCH3 is 1. The summed E-state index contributed by atoms with van der Waals surface area (Å²) >= 11 is 0. The Hall–Kier alpha value is -3.85. The van der Waals surface area contributed by atoms with Gasteiger partial charge < -0.3 is 19.3 Å². The van der Waals surface area contributed by atoms with Crippen LogP contribution in [-0.2, 0) is 21.6 Å². The summed E-state index contributed by atoms with van der Waals surface area (Å²) in [7, 11) is 1.44. The normalized spacial score (nSPS) is 22.1. The first kappa shape index (κ1) is 21.0. The third-order valence-corrected chi connectivity index (χ3v) is 6.80. The highest BCUT2D eigenvalue weighted by Gasteiger charge is 2.46. The van der Waals surface area contributed by atoms with Gasteiger partial charge in [-0.1, -0.05) is 30.3 Å². The van der Waals surface area contributed by atoms with Crippen molar-refractivity contribution in [1.82, 2.24) is 9.80 Å². The first-order chi connectivity index (χ1) is 21.0. The van der Waals surface area contributed by atoms with Gasteiger partial charge in [-0.3, -0.25) is 4.79 Å². The van der Waals surface area contributed by atoms with Gasteiger partial charge in [0.1, 0.15) is 17.2 Å². The number of halogens is 3. The van der Waals surface area contributed by atoms with Gasteiger partial charge in [0.15, 0.2) is 11.6 Å². The fourth-order valence-electron chi connectivity index (χ4n) is 4.87. The second-order valence-electron chi connectivity index (χ2n) is 9.32. The average Bonchev–Trinajstić information content (AvgIpc) is 2.98. The van der Waals surface area contributed by atoms with Crippen molar-refractivity contribution in [3.63, 3.8) is 0 Å². The average molecular weight is 547 g/mol. The zero-order chi connectivity index (χ0) is 33.2. The monoisotopic (exact) mass is 546 g/mol. The highest BCUT2D eigenvalue weighted by molar-refractivity contribution is 5.89. The Morgan fingerprint density at radius 2 is 1.77 bits per heavy atom. The minimum atomic E-state index is -3.12. The number of amides is 1. The Morgan fingerprint density at radius 3 is 2.49 bits per heavy atom. The highest BCUT2D eigenvalue weighted by Crippen LogP contribution is 2.41. The molecule has 1 aliphatic rings. The number of carbonyl (C=O) groups is 2. The van der Waals surface area contributed by atoms with E-state index in [-0.39, 0.29) is 29.8 Å². The molecule has 0 bridgehead atoms. The zero-order valence-corrected chi connectivity index (χ0v) is 21.1. The summed E-state index contributed by atoms with van der Waals surface area (Å²) in [5.41, 5.74) is -1.27. The molecule has 1 aliphatic heterocycles. The van der Waals surface area contributed by atoms with Gasteiger partial charge in [0, 0.05) is 51.8 Å². The Labute approximate surface area is 234 Å². The standard InChI is InChI=1S/C30H31F3N2O4/c1-34(2)19-23-18-30(22-10-7-11-24(16-22)38-3,39-29(37)20-8-5-4-6-9-20)12-13-35(23)28(36)15-21-14-26(32)27(33)17-25(21)31/h4-11,14,16-17,23H,12-13,15,18-19H2,1-3H3/i1D3,2D3. The van der Waals surface area contributed by atoms with Crippen molar-refractivity contribution in [2.45, 2.75) is 30.9 Å². The predicted molar refractivity (Wildman–Crippen MR) is 140 cm³/mol. The van der Waals surface area contributed by atoms with E-state index in [1.165, 1.54) is 12.0 Å². The molecule has 39 heavy (non-hydrogen) atoms. The van der Waals surface area contributed by atoms with E-state index in [1.54, 1.807) is 54.6 Å². The molecule has 1 fully saturated rings. The fourth-order valence-corrected chi connectivity index (χ4v) is 4.87. The van der Waals surface area contributed by atoms with Gasteiger partial charge in [0.05, 0.1) is 19.1 Å². The van der Waals surface area contributed by atoms with Crippen LogP contribution in [0.4, 0.5) is 13.2 Å². The third kappa shape index (κ3) is 6.42. The van der Waals surface area contributed by atoms with Gasteiger partial charge in [-0.25, -0.2) is 18.0 Å². The van der Waals surface area contributed by atoms with Crippen LogP contribution < -0.4 is 4.74 Å². The number of likely N-dealkylation sites (N-methyl/N-ethyl adjacent to an activating group) is 1. The van der Waals surface area contributed by atoms with Gasteiger partial charge in [-0.15, -0.1) is 0 Å². The molecule has 1 heterocycles. The Bertz CT molecular complexity index is 1530. The van der Waals surface area contributed by atoms with Crippen molar-refractivity contribution in [2.24, 2.45) is 0 Å². The van der Waals surface area contributed by atoms with E-state index in [2.05, 4.69) is 0 Å². The van der Waals surface area contributed by atoms with Gasteiger partial charge >= 0.3 is 5.97 Å². The molecule has 6 nitrogen and oxygen atoms in total. The molecule has 4 rings (SSSR count). The van der Waals surface area contributed by atoms with Crippen molar-refractivity contribution in [3.05, 3.63) is 101 Å². The van der Waals surface area contributed by atoms with Crippen molar-refractivity contribution < 1.29 is 40.5 Å². The molecule has 2 unspecified atom stereocenters. The lowest BCUT2D eigenvalue weighted by Gasteiger charge is -2.47. The van der Waals surface area contributed by atoms with Crippen LogP contribution in [-0.4, -0.2) is 61.9 Å². The molecule has 0 aromatic heterocycles. The number of hydrogen-bond donors (Lipinski definition) is 0. The molecule has 0 spiro atoms. The molecule has 0 aliphatic carbocycles. The van der Waals surface area contributed by atoms with Crippen molar-refractivity contribution in [2.75, 3.05) is 34.2 Å². The lowest BCUT2D eigenvalue weighted by molar-refractivity contribution is -0.141. The molecule has 1 saturated heterocycles. The summed E-state index contributed by atoms with van der Waals surface area (Å²) in [5, 5.41) is 0. The molecular formula is C30H31F3N2O4. The van der Waals surface area contributed by atoms with E-state index >= 15 is 0 Å². The summed E-state index contributed by atoms with van der Waals surface area (Å²) in [6.45, 7) is -7.15.